The highest BCUT2D eigenvalue weighted by Gasteiger charge is 2.28. The number of likely N-dealkylation sites (N-methyl/N-ethyl adjacent to an activating group) is 1. The van der Waals surface area contributed by atoms with Crippen molar-refractivity contribution < 1.29 is 37.0 Å². The number of phenols is 2. The van der Waals surface area contributed by atoms with E-state index in [2.05, 4.69) is 5.32 Å². The van der Waals surface area contributed by atoms with E-state index in [4.69, 9.17) is 0 Å². The fourth-order valence-corrected chi connectivity index (χ4v) is 4.15. The third kappa shape index (κ3) is 6.44. The minimum absolute atomic E-state index is 0.0222. The van der Waals surface area contributed by atoms with Crippen LogP contribution in [0.3, 0.4) is 0 Å². The summed E-state index contributed by atoms with van der Waals surface area (Å²) in [6, 6.07) is 10.4. The molecule has 3 rings (SSSR count). The van der Waals surface area contributed by atoms with Crippen molar-refractivity contribution in [2.45, 2.75) is 17.4 Å². The van der Waals surface area contributed by atoms with E-state index < -0.39 is 51.1 Å². The maximum absolute atomic E-state index is 13.7. The van der Waals surface area contributed by atoms with Crippen molar-refractivity contribution in [3.63, 3.8) is 0 Å². The van der Waals surface area contributed by atoms with Gasteiger partial charge in [0.1, 0.15) is 17.7 Å². The number of hydrogen-bond donors (Lipinski definition) is 4. The highest BCUT2D eigenvalue weighted by Crippen LogP contribution is 2.29. The van der Waals surface area contributed by atoms with E-state index in [9.17, 15) is 37.0 Å². The Bertz CT molecular complexity index is 1330. The van der Waals surface area contributed by atoms with E-state index in [-0.39, 0.29) is 22.6 Å². The normalized spacial score (nSPS) is 12.0. The number of halogens is 2. The molecule has 0 fully saturated rings. The smallest absolute Gasteiger partial charge is 0.329 e. The lowest BCUT2D eigenvalue weighted by Crippen LogP contribution is -2.52. The zero-order valence-electron chi connectivity index (χ0n) is 18.3. The molecule has 1 unspecified atom stereocenters. The van der Waals surface area contributed by atoms with Gasteiger partial charge in [0.05, 0.1) is 4.90 Å². The second-order valence-electron chi connectivity index (χ2n) is 7.50. The first-order valence-electron chi connectivity index (χ1n) is 10.1. The predicted octanol–water partition coefficient (Wildman–Crippen LogP) is 2.64. The summed E-state index contributed by atoms with van der Waals surface area (Å²) in [7, 11) is -2.97. The van der Waals surface area contributed by atoms with E-state index in [0.717, 1.165) is 29.2 Å². The molecule has 0 saturated carbocycles. The van der Waals surface area contributed by atoms with Crippen LogP contribution >= 0.6 is 0 Å². The van der Waals surface area contributed by atoms with Gasteiger partial charge in [-0.25, -0.2) is 26.7 Å². The molecular weight excluding hydrogens is 484 g/mol. The van der Waals surface area contributed by atoms with Crippen LogP contribution in [0.5, 0.6) is 11.5 Å². The topological polar surface area (TPSA) is 136 Å². The average Bonchev–Trinajstić information content (AvgIpc) is 2.79. The van der Waals surface area contributed by atoms with Gasteiger partial charge in [0, 0.05) is 31.3 Å². The van der Waals surface area contributed by atoms with Gasteiger partial charge in [-0.15, -0.1) is 0 Å². The lowest BCUT2D eigenvalue weighted by molar-refractivity contribution is -0.120. The number of aromatic hydroxyl groups is 2. The van der Waals surface area contributed by atoms with E-state index >= 15 is 0 Å². The van der Waals surface area contributed by atoms with E-state index in [1.807, 2.05) is 0 Å². The monoisotopic (exact) mass is 505 g/mol. The molecule has 0 bridgehead atoms. The molecule has 9 nitrogen and oxygen atoms in total. The number of amides is 3. The zero-order valence-corrected chi connectivity index (χ0v) is 19.1. The summed E-state index contributed by atoms with van der Waals surface area (Å²) in [6.45, 7) is 0. The van der Waals surface area contributed by atoms with Gasteiger partial charge in [-0.1, -0.05) is 18.2 Å². The number of nitrogens with one attached hydrogen (secondary N) is 2. The first kappa shape index (κ1) is 25.4. The molecule has 0 radical (unpaired) electrons. The van der Waals surface area contributed by atoms with E-state index in [1.54, 1.807) is 10.8 Å². The van der Waals surface area contributed by atoms with Crippen LogP contribution in [0, 0.1) is 11.6 Å². The van der Waals surface area contributed by atoms with Gasteiger partial charge in [0.15, 0.2) is 11.5 Å². The number of hydrogen-bond acceptors (Lipinski definition) is 6. The molecule has 0 spiro atoms. The van der Waals surface area contributed by atoms with Crippen LogP contribution in [0.25, 0.3) is 0 Å². The number of nitrogens with zero attached hydrogens (tertiary/aromatic N) is 1. The highest BCUT2D eigenvalue weighted by molar-refractivity contribution is 7.90. The minimum atomic E-state index is -4.27. The fourth-order valence-electron chi connectivity index (χ4n) is 3.21. The van der Waals surface area contributed by atoms with Crippen LogP contribution in [-0.4, -0.2) is 43.7 Å². The Balaban J connectivity index is 1.87. The number of benzene rings is 3. The quantitative estimate of drug-likeness (QED) is 0.365. The molecule has 3 aromatic carbocycles. The number of anilines is 1. The van der Waals surface area contributed by atoms with Crippen molar-refractivity contribution in [3.05, 3.63) is 83.9 Å². The largest absolute Gasteiger partial charge is 0.504 e. The van der Waals surface area contributed by atoms with Crippen LogP contribution in [-0.2, 0) is 21.2 Å². The molecule has 0 aliphatic rings. The molecule has 1 atom stereocenters. The number of rotatable bonds is 7. The van der Waals surface area contributed by atoms with Gasteiger partial charge >= 0.3 is 6.03 Å². The molecule has 0 saturated heterocycles. The molecule has 3 amide bonds. The van der Waals surface area contributed by atoms with Gasteiger partial charge < -0.3 is 20.4 Å². The zero-order chi connectivity index (χ0) is 25.8. The molecule has 12 heteroatoms. The molecule has 0 aliphatic heterocycles. The van der Waals surface area contributed by atoms with Crippen molar-refractivity contribution in [1.82, 2.24) is 10.0 Å². The Hall–Kier alpha value is -4.19. The van der Waals surface area contributed by atoms with Crippen LogP contribution in [0.15, 0.2) is 71.6 Å². The molecule has 35 heavy (non-hydrogen) atoms. The molecular formula is C23H21F2N3O6S. The van der Waals surface area contributed by atoms with Crippen molar-refractivity contribution in [3.8, 4) is 11.5 Å². The first-order chi connectivity index (χ1) is 16.5. The lowest BCUT2D eigenvalue weighted by Gasteiger charge is -2.25. The maximum atomic E-state index is 13.7. The highest BCUT2D eigenvalue weighted by atomic mass is 32.2. The van der Waals surface area contributed by atoms with Crippen molar-refractivity contribution in [1.29, 1.82) is 0 Å². The Morgan fingerprint density at radius 2 is 1.57 bits per heavy atom. The fraction of sp³-hybridized carbons (Fsp3) is 0.130. The standard InChI is InChI=1S/C23H21F2N3O6S/c1-28(17-7-8-20(29)21(30)13-17)22(31)19(11-14-9-15(24)12-16(25)10-14)26-23(32)27-35(33,34)18-5-3-2-4-6-18/h2-10,12-13,19,29-30H,11H2,1H3,(H2,26,27,32). The van der Waals surface area contributed by atoms with Crippen molar-refractivity contribution in [2.75, 3.05) is 11.9 Å². The van der Waals surface area contributed by atoms with E-state index in [0.29, 0.717) is 6.07 Å². The Kier molecular flexibility index (Phi) is 7.55. The molecule has 184 valence electrons. The summed E-state index contributed by atoms with van der Waals surface area (Å²) in [6.07, 6.45) is -0.388. The number of carbonyl (C=O) groups excluding carboxylic acids is 2. The summed E-state index contributed by atoms with van der Waals surface area (Å²) in [5, 5.41) is 21.5. The van der Waals surface area contributed by atoms with Crippen LogP contribution in [0.4, 0.5) is 19.3 Å². The molecule has 0 aromatic heterocycles. The third-order valence-electron chi connectivity index (χ3n) is 4.92. The molecule has 4 N–H and O–H groups in total. The molecule has 0 aliphatic carbocycles. The number of carbonyl (C=O) groups is 2. The van der Waals surface area contributed by atoms with Crippen molar-refractivity contribution >= 4 is 27.6 Å². The summed E-state index contributed by atoms with van der Waals surface area (Å²) < 4.78 is 54.1. The second-order valence-corrected chi connectivity index (χ2v) is 9.18. The van der Waals surface area contributed by atoms with Gasteiger partial charge in [0.25, 0.3) is 10.0 Å². The summed E-state index contributed by atoms with van der Waals surface area (Å²) in [5.74, 6) is -3.54. The Labute approximate surface area is 199 Å². The van der Waals surface area contributed by atoms with Gasteiger partial charge in [-0.05, 0) is 42.0 Å². The summed E-state index contributed by atoms with van der Waals surface area (Å²) in [5.41, 5.74) is 0.147. The van der Waals surface area contributed by atoms with Crippen LogP contribution < -0.4 is 14.9 Å². The summed E-state index contributed by atoms with van der Waals surface area (Å²) >= 11 is 0. The number of phenolic OH excluding ortho intramolecular Hbond substituents is 2. The predicted molar refractivity (Wildman–Crippen MR) is 122 cm³/mol. The van der Waals surface area contributed by atoms with Gasteiger partial charge in [-0.2, -0.15) is 0 Å². The minimum Gasteiger partial charge on any atom is -0.504 e. The SMILES string of the molecule is CN(C(=O)C(Cc1cc(F)cc(F)c1)NC(=O)NS(=O)(=O)c1ccccc1)c1ccc(O)c(O)c1. The lowest BCUT2D eigenvalue weighted by atomic mass is 10.0. The van der Waals surface area contributed by atoms with Crippen LogP contribution in [0.1, 0.15) is 5.56 Å². The molecule has 3 aromatic rings. The van der Waals surface area contributed by atoms with Gasteiger partial charge in [-0.3, -0.25) is 4.79 Å². The Morgan fingerprint density at radius 1 is 0.943 bits per heavy atom. The first-order valence-corrected chi connectivity index (χ1v) is 11.6. The van der Waals surface area contributed by atoms with Gasteiger partial charge in [0.2, 0.25) is 5.91 Å². The number of urea groups is 1. The number of sulfonamides is 1. The summed E-state index contributed by atoms with van der Waals surface area (Å²) in [4.78, 5) is 26.5. The van der Waals surface area contributed by atoms with Crippen LogP contribution in [0.2, 0.25) is 0 Å². The molecule has 0 heterocycles. The maximum Gasteiger partial charge on any atom is 0.329 e. The third-order valence-corrected chi connectivity index (χ3v) is 6.27. The average molecular weight is 505 g/mol. The van der Waals surface area contributed by atoms with E-state index in [1.165, 1.54) is 37.4 Å². The van der Waals surface area contributed by atoms with Crippen molar-refractivity contribution in [2.24, 2.45) is 0 Å². The Morgan fingerprint density at radius 3 is 2.17 bits per heavy atom. The second kappa shape index (κ2) is 10.4.